The average Bonchev–Trinajstić information content (AvgIpc) is 2.89. The van der Waals surface area contributed by atoms with E-state index >= 15 is 0 Å². The maximum Gasteiger partial charge on any atom is 0.244 e. The highest BCUT2D eigenvalue weighted by atomic mass is 19.1. The molecule has 2 fully saturated rings. The molecule has 0 saturated carbocycles. The number of halogens is 2. The molecule has 0 aliphatic carbocycles. The number of hydrogen-bond acceptors (Lipinski definition) is 2. The highest BCUT2D eigenvalue weighted by molar-refractivity contribution is 5.84. The van der Waals surface area contributed by atoms with Crippen molar-refractivity contribution < 1.29 is 13.6 Å². The molecule has 0 unspecified atom stereocenters. The highest BCUT2D eigenvalue weighted by Gasteiger charge is 2.51. The molecule has 3 nitrogen and oxygen atoms in total. The summed E-state index contributed by atoms with van der Waals surface area (Å²) in [6, 6.07) is 3.26. The molecule has 20 heavy (non-hydrogen) atoms. The van der Waals surface area contributed by atoms with Gasteiger partial charge in [-0.05, 0) is 37.5 Å². The van der Waals surface area contributed by atoms with E-state index in [1.54, 1.807) is 5.01 Å². The van der Waals surface area contributed by atoms with Crippen LogP contribution in [0.3, 0.4) is 0 Å². The Bertz CT molecular complexity index is 543. The van der Waals surface area contributed by atoms with Crippen LogP contribution in [0.25, 0.3) is 0 Å². The molecule has 2 saturated heterocycles. The zero-order chi connectivity index (χ0) is 14.5. The third-order valence-electron chi connectivity index (χ3n) is 4.57. The van der Waals surface area contributed by atoms with Crippen LogP contribution in [0.2, 0.25) is 0 Å². The summed E-state index contributed by atoms with van der Waals surface area (Å²) in [4.78, 5) is 12.6. The first-order valence-electron chi connectivity index (χ1n) is 6.99. The first-order chi connectivity index (χ1) is 9.44. The molecular formula is C15H18F2N2O. The number of amides is 1. The van der Waals surface area contributed by atoms with Gasteiger partial charge in [0, 0.05) is 19.2 Å². The van der Waals surface area contributed by atoms with Crippen molar-refractivity contribution in [2.75, 3.05) is 13.1 Å². The molecule has 2 aliphatic rings. The number of carbonyl (C=O) groups excluding carboxylic acids is 1. The Hall–Kier alpha value is -1.49. The summed E-state index contributed by atoms with van der Waals surface area (Å²) in [5.41, 5.74) is 0.156. The van der Waals surface area contributed by atoms with Crippen LogP contribution >= 0.6 is 0 Å². The van der Waals surface area contributed by atoms with Gasteiger partial charge in [-0.25, -0.2) is 13.8 Å². The van der Waals surface area contributed by atoms with Crippen molar-refractivity contribution in [1.29, 1.82) is 0 Å². The first-order valence-corrected chi connectivity index (χ1v) is 6.99. The predicted octanol–water partition coefficient (Wildman–Crippen LogP) is 2.89. The predicted molar refractivity (Wildman–Crippen MR) is 70.5 cm³/mol. The van der Waals surface area contributed by atoms with Gasteiger partial charge in [0.1, 0.15) is 11.6 Å². The zero-order valence-electron chi connectivity index (χ0n) is 11.7. The van der Waals surface area contributed by atoms with Gasteiger partial charge in [0.15, 0.2) is 0 Å². The smallest absolute Gasteiger partial charge is 0.244 e. The van der Waals surface area contributed by atoms with Gasteiger partial charge in [-0.1, -0.05) is 6.92 Å². The van der Waals surface area contributed by atoms with Gasteiger partial charge in [-0.2, -0.15) is 0 Å². The van der Waals surface area contributed by atoms with Crippen LogP contribution in [0.1, 0.15) is 38.3 Å². The second kappa shape index (κ2) is 4.52. The summed E-state index contributed by atoms with van der Waals surface area (Å²) < 4.78 is 26.8. The lowest BCUT2D eigenvalue weighted by Gasteiger charge is -2.26. The molecule has 2 atom stereocenters. The van der Waals surface area contributed by atoms with E-state index in [2.05, 4.69) is 0 Å². The Balaban J connectivity index is 1.95. The van der Waals surface area contributed by atoms with E-state index in [9.17, 15) is 13.6 Å². The van der Waals surface area contributed by atoms with Crippen LogP contribution in [-0.4, -0.2) is 29.0 Å². The molecule has 0 bridgehead atoms. The lowest BCUT2D eigenvalue weighted by Crippen LogP contribution is -2.36. The molecule has 1 aromatic rings. The summed E-state index contributed by atoms with van der Waals surface area (Å²) >= 11 is 0. The maximum absolute atomic E-state index is 13.4. The fourth-order valence-electron chi connectivity index (χ4n) is 3.21. The van der Waals surface area contributed by atoms with Gasteiger partial charge >= 0.3 is 0 Å². The molecule has 108 valence electrons. The number of hydrazine groups is 1. The van der Waals surface area contributed by atoms with Crippen LogP contribution in [0.15, 0.2) is 18.2 Å². The minimum atomic E-state index is -0.594. The number of carbonyl (C=O) groups is 1. The molecule has 1 aromatic carbocycles. The normalized spacial score (nSPS) is 30.1. The minimum absolute atomic E-state index is 0.0622. The molecule has 3 rings (SSSR count). The number of nitrogens with zero attached hydrogens (tertiary/aromatic N) is 2. The molecule has 2 aliphatic heterocycles. The highest BCUT2D eigenvalue weighted by Crippen LogP contribution is 2.43. The Labute approximate surface area is 117 Å². The van der Waals surface area contributed by atoms with E-state index < -0.39 is 11.6 Å². The Kier molecular flexibility index (Phi) is 3.05. The Morgan fingerprint density at radius 1 is 1.30 bits per heavy atom. The molecular weight excluding hydrogens is 262 g/mol. The SMILES string of the molecule is CC[C@]1(C)CN2CC[C@@H](c3cc(F)cc(F)c3)N2C1=O. The van der Waals surface area contributed by atoms with E-state index in [0.717, 1.165) is 19.0 Å². The van der Waals surface area contributed by atoms with Crippen LogP contribution in [-0.2, 0) is 4.79 Å². The van der Waals surface area contributed by atoms with Gasteiger partial charge in [-0.3, -0.25) is 9.80 Å². The van der Waals surface area contributed by atoms with Crippen molar-refractivity contribution in [3.63, 3.8) is 0 Å². The third kappa shape index (κ3) is 1.92. The van der Waals surface area contributed by atoms with Crippen molar-refractivity contribution >= 4 is 5.91 Å². The Morgan fingerprint density at radius 2 is 1.95 bits per heavy atom. The van der Waals surface area contributed by atoms with Gasteiger partial charge < -0.3 is 0 Å². The molecule has 0 spiro atoms. The largest absolute Gasteiger partial charge is 0.273 e. The van der Waals surface area contributed by atoms with Crippen molar-refractivity contribution in [2.45, 2.75) is 32.7 Å². The lowest BCUT2D eigenvalue weighted by molar-refractivity contribution is -0.142. The fraction of sp³-hybridized carbons (Fsp3) is 0.533. The standard InChI is InChI=1S/C15H18F2N2O/c1-3-15(2)9-18-5-4-13(19(18)14(15)20)10-6-11(16)8-12(17)7-10/h6-8,13H,3-5,9H2,1-2H3/t13-,15+/m0/s1. The lowest BCUT2D eigenvalue weighted by atomic mass is 9.87. The van der Waals surface area contributed by atoms with Gasteiger partial charge in [0.25, 0.3) is 0 Å². The monoisotopic (exact) mass is 280 g/mol. The number of benzene rings is 1. The van der Waals surface area contributed by atoms with E-state index in [0.29, 0.717) is 18.5 Å². The molecule has 5 heteroatoms. The zero-order valence-corrected chi connectivity index (χ0v) is 11.7. The molecule has 1 amide bonds. The van der Waals surface area contributed by atoms with E-state index in [1.807, 2.05) is 18.9 Å². The quantitative estimate of drug-likeness (QED) is 0.831. The van der Waals surface area contributed by atoms with Crippen molar-refractivity contribution in [2.24, 2.45) is 5.41 Å². The van der Waals surface area contributed by atoms with Crippen molar-refractivity contribution in [1.82, 2.24) is 10.0 Å². The summed E-state index contributed by atoms with van der Waals surface area (Å²) in [5, 5.41) is 3.72. The van der Waals surface area contributed by atoms with E-state index in [4.69, 9.17) is 0 Å². The topological polar surface area (TPSA) is 23.6 Å². The number of hydrogen-bond donors (Lipinski definition) is 0. The molecule has 2 heterocycles. The molecule has 0 aromatic heterocycles. The fourth-order valence-corrected chi connectivity index (χ4v) is 3.21. The summed E-state index contributed by atoms with van der Waals surface area (Å²) in [5.74, 6) is -1.13. The van der Waals surface area contributed by atoms with Gasteiger partial charge in [0.2, 0.25) is 5.91 Å². The Morgan fingerprint density at radius 3 is 2.55 bits per heavy atom. The third-order valence-corrected chi connectivity index (χ3v) is 4.57. The van der Waals surface area contributed by atoms with E-state index in [1.165, 1.54) is 12.1 Å². The number of fused-ring (bicyclic) bond motifs is 1. The van der Waals surface area contributed by atoms with Crippen LogP contribution < -0.4 is 0 Å². The van der Waals surface area contributed by atoms with E-state index in [-0.39, 0.29) is 17.4 Å². The van der Waals surface area contributed by atoms with Gasteiger partial charge in [-0.15, -0.1) is 0 Å². The first kappa shape index (κ1) is 13.5. The van der Waals surface area contributed by atoms with Gasteiger partial charge in [0.05, 0.1) is 11.5 Å². The van der Waals surface area contributed by atoms with Crippen LogP contribution in [0.4, 0.5) is 8.78 Å². The summed E-state index contributed by atoms with van der Waals surface area (Å²) in [6.45, 7) is 5.40. The second-order valence-corrected chi connectivity index (χ2v) is 5.96. The second-order valence-electron chi connectivity index (χ2n) is 5.96. The molecule has 0 radical (unpaired) electrons. The van der Waals surface area contributed by atoms with Crippen LogP contribution in [0, 0.1) is 17.0 Å². The summed E-state index contributed by atoms with van der Waals surface area (Å²) in [6.07, 6.45) is 1.48. The van der Waals surface area contributed by atoms with Crippen molar-refractivity contribution in [3.05, 3.63) is 35.4 Å². The maximum atomic E-state index is 13.4. The summed E-state index contributed by atoms with van der Waals surface area (Å²) in [7, 11) is 0. The van der Waals surface area contributed by atoms with Crippen LogP contribution in [0.5, 0.6) is 0 Å². The average molecular weight is 280 g/mol. The minimum Gasteiger partial charge on any atom is -0.273 e. The number of rotatable bonds is 2. The molecule has 0 N–H and O–H groups in total. The van der Waals surface area contributed by atoms with Crippen molar-refractivity contribution in [3.8, 4) is 0 Å².